The Bertz CT molecular complexity index is 776. The summed E-state index contributed by atoms with van der Waals surface area (Å²) >= 11 is 0. The number of nitrogens with zero attached hydrogens (tertiary/aromatic N) is 1. The lowest BCUT2D eigenvalue weighted by molar-refractivity contribution is -0.125. The number of amides is 3. The average Bonchev–Trinajstić information content (AvgIpc) is 3.03. The van der Waals surface area contributed by atoms with Gasteiger partial charge in [-0.25, -0.2) is 4.79 Å². The molecule has 130 valence electrons. The topological polar surface area (TPSA) is 67.9 Å². The molecule has 2 aromatic carbocycles. The van der Waals surface area contributed by atoms with Crippen LogP contribution in [-0.2, 0) is 4.79 Å². The number of rotatable bonds is 4. The lowest BCUT2D eigenvalue weighted by Gasteiger charge is -2.16. The lowest BCUT2D eigenvalue weighted by Crippen LogP contribution is -2.36. The molecule has 1 heterocycles. The standard InChI is InChI=1S/C19H20N2O4/c1-24-16-9-8-13(10-17(16)25-2)14-11-18(22)21(12-14)19(23)20-15-6-4-3-5-7-15/h3-10,14H,11-12H2,1-2H3,(H,20,23). The SMILES string of the molecule is COc1ccc(C2CC(=O)N(C(=O)Nc3ccccc3)C2)cc1OC. The van der Waals surface area contributed by atoms with Gasteiger partial charge in [-0.05, 0) is 29.8 Å². The molecule has 25 heavy (non-hydrogen) atoms. The number of ether oxygens (including phenoxy) is 2. The second-order valence-corrected chi connectivity index (χ2v) is 5.82. The van der Waals surface area contributed by atoms with Crippen LogP contribution in [0.2, 0.25) is 0 Å². The summed E-state index contributed by atoms with van der Waals surface area (Å²) in [5.74, 6) is 0.996. The van der Waals surface area contributed by atoms with E-state index >= 15 is 0 Å². The molecule has 0 saturated carbocycles. The molecule has 0 aromatic heterocycles. The second-order valence-electron chi connectivity index (χ2n) is 5.82. The van der Waals surface area contributed by atoms with Crippen LogP contribution < -0.4 is 14.8 Å². The summed E-state index contributed by atoms with van der Waals surface area (Å²) in [7, 11) is 3.15. The maximum atomic E-state index is 12.4. The third-order valence-corrected chi connectivity index (χ3v) is 4.27. The number of likely N-dealkylation sites (tertiary alicyclic amines) is 1. The van der Waals surface area contributed by atoms with Gasteiger partial charge in [0, 0.05) is 24.6 Å². The Balaban J connectivity index is 1.73. The Morgan fingerprint density at radius 1 is 1.08 bits per heavy atom. The Kier molecular flexibility index (Phi) is 4.88. The largest absolute Gasteiger partial charge is 0.493 e. The molecule has 1 saturated heterocycles. The van der Waals surface area contributed by atoms with Crippen LogP contribution in [-0.4, -0.2) is 37.6 Å². The van der Waals surface area contributed by atoms with Gasteiger partial charge in [-0.1, -0.05) is 24.3 Å². The molecule has 3 rings (SSSR count). The van der Waals surface area contributed by atoms with Crippen LogP contribution in [0.4, 0.5) is 10.5 Å². The number of carbonyl (C=O) groups excluding carboxylic acids is 2. The van der Waals surface area contributed by atoms with Gasteiger partial charge in [-0.15, -0.1) is 0 Å². The first-order valence-corrected chi connectivity index (χ1v) is 8.00. The zero-order valence-electron chi connectivity index (χ0n) is 14.2. The summed E-state index contributed by atoms with van der Waals surface area (Å²) in [6.07, 6.45) is 0.289. The molecule has 2 aromatic rings. The quantitative estimate of drug-likeness (QED) is 0.928. The number of benzene rings is 2. The monoisotopic (exact) mass is 340 g/mol. The van der Waals surface area contributed by atoms with E-state index in [0.29, 0.717) is 23.7 Å². The van der Waals surface area contributed by atoms with E-state index in [0.717, 1.165) is 5.56 Å². The molecule has 3 amide bonds. The van der Waals surface area contributed by atoms with E-state index in [1.165, 1.54) is 4.90 Å². The summed E-state index contributed by atoms with van der Waals surface area (Å²) in [6.45, 7) is 0.340. The molecular formula is C19H20N2O4. The van der Waals surface area contributed by atoms with E-state index in [2.05, 4.69) is 5.32 Å². The third-order valence-electron chi connectivity index (χ3n) is 4.27. The Morgan fingerprint density at radius 3 is 2.48 bits per heavy atom. The van der Waals surface area contributed by atoms with Gasteiger partial charge in [0.25, 0.3) is 0 Å². The Hall–Kier alpha value is -3.02. The first-order valence-electron chi connectivity index (χ1n) is 8.00. The molecule has 0 radical (unpaired) electrons. The van der Waals surface area contributed by atoms with E-state index < -0.39 is 6.03 Å². The van der Waals surface area contributed by atoms with Crippen LogP contribution in [0.5, 0.6) is 11.5 Å². The fourth-order valence-electron chi connectivity index (χ4n) is 2.95. The van der Waals surface area contributed by atoms with E-state index in [1.54, 1.807) is 26.4 Å². The molecule has 6 heteroatoms. The average molecular weight is 340 g/mol. The van der Waals surface area contributed by atoms with Crippen molar-refractivity contribution in [2.24, 2.45) is 0 Å². The number of carbonyl (C=O) groups is 2. The molecule has 1 aliphatic heterocycles. The molecule has 1 atom stereocenters. The molecule has 1 aliphatic rings. The normalized spacial score (nSPS) is 16.6. The molecule has 0 bridgehead atoms. The predicted molar refractivity (Wildman–Crippen MR) is 94.1 cm³/mol. The first-order chi connectivity index (χ1) is 12.1. The molecule has 0 aliphatic carbocycles. The van der Waals surface area contributed by atoms with Crippen molar-refractivity contribution in [2.75, 3.05) is 26.1 Å². The van der Waals surface area contributed by atoms with Gasteiger partial charge in [0.2, 0.25) is 5.91 Å². The van der Waals surface area contributed by atoms with Crippen molar-refractivity contribution in [1.29, 1.82) is 0 Å². The summed E-state index contributed by atoms with van der Waals surface area (Å²) in [6, 6.07) is 14.2. The first kappa shape index (κ1) is 16.8. The fraction of sp³-hybridized carbons (Fsp3) is 0.263. The fourth-order valence-corrected chi connectivity index (χ4v) is 2.95. The highest BCUT2D eigenvalue weighted by atomic mass is 16.5. The van der Waals surface area contributed by atoms with Gasteiger partial charge in [0.1, 0.15) is 0 Å². The van der Waals surface area contributed by atoms with Crippen LogP contribution in [0, 0.1) is 0 Å². The van der Waals surface area contributed by atoms with Crippen LogP contribution in [0.15, 0.2) is 48.5 Å². The molecular weight excluding hydrogens is 320 g/mol. The Labute approximate surface area is 146 Å². The Morgan fingerprint density at radius 2 is 1.80 bits per heavy atom. The van der Waals surface area contributed by atoms with Crippen LogP contribution in [0.25, 0.3) is 0 Å². The highest BCUT2D eigenvalue weighted by Gasteiger charge is 2.35. The number of hydrogen-bond donors (Lipinski definition) is 1. The van der Waals surface area contributed by atoms with E-state index in [-0.39, 0.29) is 18.2 Å². The van der Waals surface area contributed by atoms with Crippen LogP contribution in [0.3, 0.4) is 0 Å². The maximum Gasteiger partial charge on any atom is 0.328 e. The maximum absolute atomic E-state index is 12.4. The molecule has 1 fully saturated rings. The van der Waals surface area contributed by atoms with Gasteiger partial charge in [0.05, 0.1) is 14.2 Å². The summed E-state index contributed by atoms with van der Waals surface area (Å²) in [4.78, 5) is 25.9. The van der Waals surface area contributed by atoms with Crippen LogP contribution >= 0.6 is 0 Å². The third kappa shape index (κ3) is 3.57. The molecule has 1 unspecified atom stereocenters. The number of urea groups is 1. The van der Waals surface area contributed by atoms with E-state index in [1.807, 2.05) is 36.4 Å². The number of hydrogen-bond acceptors (Lipinski definition) is 4. The summed E-state index contributed by atoms with van der Waals surface area (Å²) in [5.41, 5.74) is 1.61. The molecule has 0 spiro atoms. The molecule has 1 N–H and O–H groups in total. The molecule has 6 nitrogen and oxygen atoms in total. The summed E-state index contributed by atoms with van der Waals surface area (Å²) < 4.78 is 10.5. The van der Waals surface area contributed by atoms with Gasteiger partial charge < -0.3 is 14.8 Å². The van der Waals surface area contributed by atoms with Crippen molar-refractivity contribution in [3.05, 3.63) is 54.1 Å². The lowest BCUT2D eigenvalue weighted by atomic mass is 9.98. The predicted octanol–water partition coefficient (Wildman–Crippen LogP) is 3.25. The van der Waals surface area contributed by atoms with E-state index in [4.69, 9.17) is 9.47 Å². The van der Waals surface area contributed by atoms with E-state index in [9.17, 15) is 9.59 Å². The highest BCUT2D eigenvalue weighted by Crippen LogP contribution is 2.34. The zero-order valence-corrected chi connectivity index (χ0v) is 14.2. The van der Waals surface area contributed by atoms with Gasteiger partial charge in [0.15, 0.2) is 11.5 Å². The second kappa shape index (κ2) is 7.25. The van der Waals surface area contributed by atoms with Crippen molar-refractivity contribution in [2.45, 2.75) is 12.3 Å². The summed E-state index contributed by atoms with van der Waals surface area (Å²) in [5, 5.41) is 2.75. The number of nitrogens with one attached hydrogen (secondary N) is 1. The minimum absolute atomic E-state index is 0.0613. The smallest absolute Gasteiger partial charge is 0.328 e. The zero-order chi connectivity index (χ0) is 17.8. The van der Waals surface area contributed by atoms with Gasteiger partial charge in [-0.2, -0.15) is 0 Å². The minimum atomic E-state index is -0.404. The van der Waals surface area contributed by atoms with Gasteiger partial charge in [-0.3, -0.25) is 9.69 Å². The number of para-hydroxylation sites is 1. The number of anilines is 1. The van der Waals surface area contributed by atoms with Crippen LogP contribution in [0.1, 0.15) is 17.9 Å². The minimum Gasteiger partial charge on any atom is -0.493 e. The van der Waals surface area contributed by atoms with Gasteiger partial charge >= 0.3 is 6.03 Å². The van der Waals surface area contributed by atoms with Crippen molar-refractivity contribution < 1.29 is 19.1 Å². The van der Waals surface area contributed by atoms with Crippen molar-refractivity contribution in [3.63, 3.8) is 0 Å². The number of imide groups is 1. The van der Waals surface area contributed by atoms with Crippen molar-refractivity contribution in [3.8, 4) is 11.5 Å². The highest BCUT2D eigenvalue weighted by molar-refractivity contribution is 6.02. The number of methoxy groups -OCH3 is 2. The van der Waals surface area contributed by atoms with Crippen molar-refractivity contribution >= 4 is 17.6 Å². The van der Waals surface area contributed by atoms with Crippen molar-refractivity contribution in [1.82, 2.24) is 4.90 Å².